The Hall–Kier alpha value is -2.77. The number of halogens is 2. The van der Waals surface area contributed by atoms with E-state index in [0.717, 1.165) is 0 Å². The lowest BCUT2D eigenvalue weighted by Crippen LogP contribution is -2.51. The third-order valence-corrected chi connectivity index (χ3v) is 3.94. The predicted molar refractivity (Wildman–Crippen MR) is 99.0 cm³/mol. The van der Waals surface area contributed by atoms with E-state index in [9.17, 15) is 14.0 Å². The number of benzene rings is 2. The Balaban J connectivity index is 1.88. The Bertz CT molecular complexity index is 924. The molecule has 2 amide bonds. The molecule has 1 aliphatic rings. The van der Waals surface area contributed by atoms with Crippen molar-refractivity contribution in [3.8, 4) is 5.75 Å². The maximum Gasteiger partial charge on any atom is 0.263 e. The average Bonchev–Trinajstić information content (AvgIpc) is 2.57. The van der Waals surface area contributed by atoms with Crippen LogP contribution in [0.25, 0.3) is 6.08 Å². The molecule has 1 heterocycles. The molecule has 1 saturated heterocycles. The number of nitrogens with one attached hydrogen (secondary N) is 2. The molecule has 0 aliphatic carbocycles. The highest BCUT2D eigenvalue weighted by molar-refractivity contribution is 7.80. The minimum atomic E-state index is -0.616. The largest absolute Gasteiger partial charge is 0.488 e. The fraction of sp³-hybridized carbons (Fsp3) is 0.0556. The summed E-state index contributed by atoms with van der Waals surface area (Å²) in [6, 6.07) is 10.8. The Kier molecular flexibility index (Phi) is 5.29. The van der Waals surface area contributed by atoms with Crippen molar-refractivity contribution < 1.29 is 18.7 Å². The highest BCUT2D eigenvalue weighted by Gasteiger charge is 2.26. The van der Waals surface area contributed by atoms with Crippen molar-refractivity contribution in [1.82, 2.24) is 10.6 Å². The van der Waals surface area contributed by atoms with E-state index in [1.165, 1.54) is 18.2 Å². The fourth-order valence-corrected chi connectivity index (χ4v) is 2.68. The van der Waals surface area contributed by atoms with Crippen LogP contribution in [0, 0.1) is 5.82 Å². The van der Waals surface area contributed by atoms with Crippen molar-refractivity contribution in [3.63, 3.8) is 0 Å². The van der Waals surface area contributed by atoms with E-state index in [1.54, 1.807) is 30.3 Å². The van der Waals surface area contributed by atoms with E-state index < -0.39 is 11.8 Å². The standard InChI is InChI=1S/C18H12ClFN2O3S/c19-12-4-5-15(25-9-10-2-1-3-13(20)6-10)11(7-12)8-14-16(23)21-18(26)22-17(14)24/h1-8H,9H2,(H2,21,22,23,24,26). The van der Waals surface area contributed by atoms with Gasteiger partial charge in [0.15, 0.2) is 5.11 Å². The monoisotopic (exact) mass is 390 g/mol. The molecule has 0 spiro atoms. The molecule has 5 nitrogen and oxygen atoms in total. The van der Waals surface area contributed by atoms with Gasteiger partial charge in [0.25, 0.3) is 11.8 Å². The van der Waals surface area contributed by atoms with Gasteiger partial charge in [0.05, 0.1) is 0 Å². The predicted octanol–water partition coefficient (Wildman–Crippen LogP) is 2.97. The highest BCUT2D eigenvalue weighted by Crippen LogP contribution is 2.26. The molecule has 3 rings (SSSR count). The first-order valence-corrected chi connectivity index (χ1v) is 8.26. The van der Waals surface area contributed by atoms with Crippen LogP contribution in [0.2, 0.25) is 5.02 Å². The summed E-state index contributed by atoms with van der Waals surface area (Å²) >= 11 is 10.8. The van der Waals surface area contributed by atoms with Gasteiger partial charge in [0.1, 0.15) is 23.7 Å². The number of carbonyl (C=O) groups excluding carboxylic acids is 2. The van der Waals surface area contributed by atoms with Gasteiger partial charge in [-0.2, -0.15) is 0 Å². The maximum absolute atomic E-state index is 13.3. The highest BCUT2D eigenvalue weighted by atomic mass is 35.5. The van der Waals surface area contributed by atoms with E-state index in [0.29, 0.717) is 21.9 Å². The minimum absolute atomic E-state index is 0.0502. The van der Waals surface area contributed by atoms with Gasteiger partial charge in [-0.15, -0.1) is 0 Å². The zero-order valence-corrected chi connectivity index (χ0v) is 14.8. The molecule has 0 aromatic heterocycles. The fourth-order valence-electron chi connectivity index (χ4n) is 2.31. The third-order valence-electron chi connectivity index (χ3n) is 3.50. The lowest BCUT2D eigenvalue weighted by atomic mass is 10.1. The van der Waals surface area contributed by atoms with Crippen molar-refractivity contribution in [2.75, 3.05) is 0 Å². The summed E-state index contributed by atoms with van der Waals surface area (Å²) in [4.78, 5) is 24.0. The van der Waals surface area contributed by atoms with Gasteiger partial charge in [-0.05, 0) is 54.2 Å². The molecule has 132 valence electrons. The number of hydrogen-bond acceptors (Lipinski definition) is 4. The van der Waals surface area contributed by atoms with E-state index in [-0.39, 0.29) is 23.1 Å². The SMILES string of the molecule is O=C1NC(=S)NC(=O)C1=Cc1cc(Cl)ccc1OCc1cccc(F)c1. The van der Waals surface area contributed by atoms with Crippen LogP contribution in [-0.2, 0) is 16.2 Å². The summed E-state index contributed by atoms with van der Waals surface area (Å²) in [5.74, 6) is -1.21. The van der Waals surface area contributed by atoms with Gasteiger partial charge in [0, 0.05) is 10.6 Å². The van der Waals surface area contributed by atoms with Crippen LogP contribution >= 0.6 is 23.8 Å². The Morgan fingerprint density at radius 1 is 1.12 bits per heavy atom. The first-order chi connectivity index (χ1) is 12.4. The Labute approximate surface area is 158 Å². The molecule has 0 bridgehead atoms. The number of ether oxygens (including phenoxy) is 1. The number of carbonyl (C=O) groups is 2. The van der Waals surface area contributed by atoms with Crippen molar-refractivity contribution in [2.45, 2.75) is 6.61 Å². The van der Waals surface area contributed by atoms with Crippen LogP contribution in [0.1, 0.15) is 11.1 Å². The van der Waals surface area contributed by atoms with Gasteiger partial charge < -0.3 is 4.74 Å². The van der Waals surface area contributed by atoms with Crippen LogP contribution in [0.4, 0.5) is 4.39 Å². The summed E-state index contributed by atoms with van der Waals surface area (Å²) in [7, 11) is 0. The van der Waals surface area contributed by atoms with E-state index in [1.807, 2.05) is 0 Å². The van der Waals surface area contributed by atoms with Crippen molar-refractivity contribution in [1.29, 1.82) is 0 Å². The normalized spacial score (nSPS) is 13.9. The molecule has 0 radical (unpaired) electrons. The molecule has 8 heteroatoms. The summed E-state index contributed by atoms with van der Waals surface area (Å²) in [6.07, 6.45) is 1.36. The van der Waals surface area contributed by atoms with E-state index in [4.69, 9.17) is 28.6 Å². The number of thiocarbonyl (C=S) groups is 1. The second-order valence-corrected chi connectivity index (χ2v) is 6.24. The van der Waals surface area contributed by atoms with Gasteiger partial charge in [-0.3, -0.25) is 20.2 Å². The molecule has 0 unspecified atom stereocenters. The zero-order chi connectivity index (χ0) is 18.7. The van der Waals surface area contributed by atoms with Gasteiger partial charge >= 0.3 is 0 Å². The lowest BCUT2D eigenvalue weighted by molar-refractivity contribution is -0.123. The van der Waals surface area contributed by atoms with Crippen LogP contribution in [0.3, 0.4) is 0 Å². The lowest BCUT2D eigenvalue weighted by Gasteiger charge is -2.17. The summed E-state index contributed by atoms with van der Waals surface area (Å²) in [6.45, 7) is 0.109. The summed E-state index contributed by atoms with van der Waals surface area (Å²) in [5, 5.41) is 5.06. The first kappa shape index (κ1) is 18.0. The second-order valence-electron chi connectivity index (χ2n) is 5.40. The van der Waals surface area contributed by atoms with Crippen LogP contribution in [-0.4, -0.2) is 16.9 Å². The van der Waals surface area contributed by atoms with E-state index >= 15 is 0 Å². The Morgan fingerprint density at radius 2 is 1.85 bits per heavy atom. The quantitative estimate of drug-likeness (QED) is 0.478. The van der Waals surface area contributed by atoms with Gasteiger partial charge in [0.2, 0.25) is 0 Å². The molecule has 1 aliphatic heterocycles. The molecular weight excluding hydrogens is 379 g/mol. The average molecular weight is 391 g/mol. The molecular formula is C18H12ClFN2O3S. The van der Waals surface area contributed by atoms with E-state index in [2.05, 4.69) is 10.6 Å². The van der Waals surface area contributed by atoms with Crippen LogP contribution < -0.4 is 15.4 Å². The zero-order valence-electron chi connectivity index (χ0n) is 13.2. The maximum atomic E-state index is 13.3. The summed E-state index contributed by atoms with van der Waals surface area (Å²) < 4.78 is 19.0. The van der Waals surface area contributed by atoms with Crippen LogP contribution in [0.5, 0.6) is 5.75 Å². The van der Waals surface area contributed by atoms with Gasteiger partial charge in [-0.25, -0.2) is 4.39 Å². The Morgan fingerprint density at radius 3 is 2.54 bits per heavy atom. The smallest absolute Gasteiger partial charge is 0.263 e. The molecule has 0 saturated carbocycles. The molecule has 0 atom stereocenters. The number of hydrogen-bond donors (Lipinski definition) is 2. The molecule has 1 fully saturated rings. The molecule has 2 aromatic rings. The second kappa shape index (κ2) is 7.63. The van der Waals surface area contributed by atoms with Crippen molar-refractivity contribution >= 4 is 46.8 Å². The minimum Gasteiger partial charge on any atom is -0.488 e. The first-order valence-electron chi connectivity index (χ1n) is 7.47. The number of amides is 2. The topological polar surface area (TPSA) is 67.4 Å². The molecule has 2 aromatic carbocycles. The number of rotatable bonds is 4. The third kappa shape index (κ3) is 4.25. The van der Waals surface area contributed by atoms with Gasteiger partial charge in [-0.1, -0.05) is 23.7 Å². The summed E-state index contributed by atoms with van der Waals surface area (Å²) in [5.41, 5.74) is 0.940. The van der Waals surface area contributed by atoms with Crippen LogP contribution in [0.15, 0.2) is 48.0 Å². The molecule has 2 N–H and O–H groups in total. The molecule has 26 heavy (non-hydrogen) atoms. The van der Waals surface area contributed by atoms with Crippen molar-refractivity contribution in [3.05, 3.63) is 70.0 Å². The van der Waals surface area contributed by atoms with Crippen molar-refractivity contribution in [2.24, 2.45) is 0 Å².